The second-order valence-electron chi connectivity index (χ2n) is 5.14. The first-order valence-electron chi connectivity index (χ1n) is 6.62. The molecule has 0 aliphatic carbocycles. The summed E-state index contributed by atoms with van der Waals surface area (Å²) in [5, 5.41) is 4.21. The minimum absolute atomic E-state index is 0.186. The molecular weight excluding hydrogens is 268 g/mol. The van der Waals surface area contributed by atoms with E-state index in [1.165, 1.54) is 0 Å². The standard InChI is InChI=1S/C15H20N4O2/c1-10-7-12(19(4)17-10)9-21-15(20)11-5-6-14(18(2)3)13(16)8-11/h5-8H,9,16H2,1-4H3. The van der Waals surface area contributed by atoms with Crippen LogP contribution in [0.5, 0.6) is 0 Å². The Morgan fingerprint density at radius 1 is 1.38 bits per heavy atom. The highest BCUT2D eigenvalue weighted by Gasteiger charge is 2.12. The highest BCUT2D eigenvalue weighted by molar-refractivity contribution is 5.92. The number of esters is 1. The predicted octanol–water partition coefficient (Wildman–Crippen LogP) is 1.73. The Bertz CT molecular complexity index is 662. The Labute approximate surface area is 124 Å². The fourth-order valence-electron chi connectivity index (χ4n) is 2.11. The van der Waals surface area contributed by atoms with Gasteiger partial charge >= 0.3 is 5.97 Å². The van der Waals surface area contributed by atoms with Crippen molar-refractivity contribution < 1.29 is 9.53 Å². The molecule has 0 bridgehead atoms. The number of anilines is 2. The van der Waals surface area contributed by atoms with E-state index in [0.29, 0.717) is 11.3 Å². The number of nitrogens with two attached hydrogens (primary N) is 1. The maximum atomic E-state index is 12.0. The maximum absolute atomic E-state index is 12.0. The molecule has 0 unspecified atom stereocenters. The number of benzene rings is 1. The lowest BCUT2D eigenvalue weighted by Gasteiger charge is -2.15. The smallest absolute Gasteiger partial charge is 0.338 e. The van der Waals surface area contributed by atoms with Crippen LogP contribution in [0.25, 0.3) is 0 Å². The third kappa shape index (κ3) is 3.34. The summed E-state index contributed by atoms with van der Waals surface area (Å²) >= 11 is 0. The zero-order valence-electron chi connectivity index (χ0n) is 12.8. The largest absolute Gasteiger partial charge is 0.456 e. The van der Waals surface area contributed by atoms with Gasteiger partial charge < -0.3 is 15.4 Å². The average Bonchev–Trinajstić information content (AvgIpc) is 2.73. The van der Waals surface area contributed by atoms with Gasteiger partial charge in [-0.1, -0.05) is 0 Å². The third-order valence-electron chi connectivity index (χ3n) is 3.20. The molecule has 112 valence electrons. The molecule has 0 radical (unpaired) electrons. The van der Waals surface area contributed by atoms with E-state index in [4.69, 9.17) is 10.5 Å². The van der Waals surface area contributed by atoms with Gasteiger partial charge in [0.2, 0.25) is 0 Å². The summed E-state index contributed by atoms with van der Waals surface area (Å²) in [6.07, 6.45) is 0. The van der Waals surface area contributed by atoms with Gasteiger partial charge in [0.1, 0.15) is 6.61 Å². The zero-order chi connectivity index (χ0) is 15.6. The third-order valence-corrected chi connectivity index (χ3v) is 3.20. The fourth-order valence-corrected chi connectivity index (χ4v) is 2.11. The zero-order valence-corrected chi connectivity index (χ0v) is 12.8. The molecule has 0 fully saturated rings. The van der Waals surface area contributed by atoms with Crippen LogP contribution in [0.15, 0.2) is 24.3 Å². The Morgan fingerprint density at radius 2 is 2.10 bits per heavy atom. The number of hydrogen-bond acceptors (Lipinski definition) is 5. The molecule has 6 nitrogen and oxygen atoms in total. The van der Waals surface area contributed by atoms with Gasteiger partial charge in [-0.05, 0) is 31.2 Å². The molecule has 0 saturated heterocycles. The van der Waals surface area contributed by atoms with E-state index >= 15 is 0 Å². The summed E-state index contributed by atoms with van der Waals surface area (Å²) < 4.78 is 7.00. The van der Waals surface area contributed by atoms with Crippen molar-refractivity contribution >= 4 is 17.3 Å². The van der Waals surface area contributed by atoms with E-state index in [9.17, 15) is 4.79 Å². The number of aromatic nitrogens is 2. The first kappa shape index (κ1) is 14.9. The number of hydrogen-bond donors (Lipinski definition) is 1. The van der Waals surface area contributed by atoms with Crippen LogP contribution in [0.3, 0.4) is 0 Å². The van der Waals surface area contributed by atoms with Crippen LogP contribution in [-0.4, -0.2) is 29.8 Å². The van der Waals surface area contributed by atoms with Gasteiger partial charge in [-0.25, -0.2) is 4.79 Å². The average molecular weight is 288 g/mol. The van der Waals surface area contributed by atoms with Crippen LogP contribution in [-0.2, 0) is 18.4 Å². The minimum Gasteiger partial charge on any atom is -0.456 e. The Morgan fingerprint density at radius 3 is 2.62 bits per heavy atom. The summed E-state index contributed by atoms with van der Waals surface area (Å²) in [6, 6.07) is 7.03. The molecule has 2 aromatic rings. The quantitative estimate of drug-likeness (QED) is 0.685. The molecule has 0 aliphatic rings. The SMILES string of the molecule is Cc1cc(COC(=O)c2ccc(N(C)C)c(N)c2)n(C)n1. The van der Waals surface area contributed by atoms with Crippen LogP contribution < -0.4 is 10.6 Å². The molecule has 2 rings (SSSR count). The number of ether oxygens (including phenoxy) is 1. The molecule has 0 amide bonds. The molecule has 0 aliphatic heterocycles. The molecule has 1 aromatic carbocycles. The number of nitrogens with zero attached hydrogens (tertiary/aromatic N) is 3. The van der Waals surface area contributed by atoms with Crippen molar-refractivity contribution in [1.29, 1.82) is 0 Å². The van der Waals surface area contributed by atoms with Crippen molar-refractivity contribution in [3.63, 3.8) is 0 Å². The molecule has 21 heavy (non-hydrogen) atoms. The Kier molecular flexibility index (Phi) is 4.16. The molecule has 2 N–H and O–H groups in total. The minimum atomic E-state index is -0.397. The lowest BCUT2D eigenvalue weighted by atomic mass is 10.1. The number of carbonyl (C=O) groups is 1. The lowest BCUT2D eigenvalue weighted by Crippen LogP contribution is -2.13. The summed E-state index contributed by atoms with van der Waals surface area (Å²) in [7, 11) is 5.61. The van der Waals surface area contributed by atoms with Crippen LogP contribution in [0.1, 0.15) is 21.7 Å². The number of rotatable bonds is 4. The van der Waals surface area contributed by atoms with Crippen LogP contribution in [0.4, 0.5) is 11.4 Å². The van der Waals surface area contributed by atoms with Gasteiger partial charge in [0, 0.05) is 21.1 Å². The maximum Gasteiger partial charge on any atom is 0.338 e. The molecular formula is C15H20N4O2. The van der Waals surface area contributed by atoms with Gasteiger partial charge in [-0.3, -0.25) is 4.68 Å². The van der Waals surface area contributed by atoms with Gasteiger partial charge in [0.25, 0.3) is 0 Å². The highest BCUT2D eigenvalue weighted by Crippen LogP contribution is 2.22. The van der Waals surface area contributed by atoms with E-state index < -0.39 is 5.97 Å². The number of aryl methyl sites for hydroxylation is 2. The van der Waals surface area contributed by atoms with Crippen molar-refractivity contribution in [2.24, 2.45) is 7.05 Å². The second-order valence-corrected chi connectivity index (χ2v) is 5.14. The highest BCUT2D eigenvalue weighted by atomic mass is 16.5. The first-order valence-corrected chi connectivity index (χ1v) is 6.62. The van der Waals surface area contributed by atoms with E-state index in [0.717, 1.165) is 17.1 Å². The monoisotopic (exact) mass is 288 g/mol. The normalized spacial score (nSPS) is 10.5. The summed E-state index contributed by atoms with van der Waals surface area (Å²) in [5.41, 5.74) is 9.53. The summed E-state index contributed by atoms with van der Waals surface area (Å²) in [4.78, 5) is 13.9. The molecule has 1 aromatic heterocycles. The molecule has 0 atom stereocenters. The molecule has 6 heteroatoms. The van der Waals surface area contributed by atoms with Gasteiger partial charge in [0.15, 0.2) is 0 Å². The summed E-state index contributed by atoms with van der Waals surface area (Å²) in [6.45, 7) is 2.08. The van der Waals surface area contributed by atoms with Crippen LogP contribution in [0.2, 0.25) is 0 Å². The van der Waals surface area contributed by atoms with Crippen molar-refractivity contribution in [1.82, 2.24) is 9.78 Å². The topological polar surface area (TPSA) is 73.4 Å². The van der Waals surface area contributed by atoms with E-state index in [1.54, 1.807) is 22.9 Å². The Balaban J connectivity index is 2.07. The second kappa shape index (κ2) is 5.87. The van der Waals surface area contributed by atoms with Crippen molar-refractivity contribution in [3.05, 3.63) is 41.2 Å². The number of carbonyl (C=O) groups excluding carboxylic acids is 1. The lowest BCUT2D eigenvalue weighted by molar-refractivity contribution is 0.0463. The first-order chi connectivity index (χ1) is 9.88. The Hall–Kier alpha value is -2.50. The van der Waals surface area contributed by atoms with Crippen molar-refractivity contribution in [2.45, 2.75) is 13.5 Å². The van der Waals surface area contributed by atoms with Crippen LogP contribution >= 0.6 is 0 Å². The van der Waals surface area contributed by atoms with E-state index in [-0.39, 0.29) is 6.61 Å². The molecule has 0 saturated carbocycles. The molecule has 1 heterocycles. The fraction of sp³-hybridized carbons (Fsp3) is 0.333. The predicted molar refractivity (Wildman–Crippen MR) is 82.2 cm³/mol. The van der Waals surface area contributed by atoms with Crippen molar-refractivity contribution in [2.75, 3.05) is 24.7 Å². The van der Waals surface area contributed by atoms with E-state index in [2.05, 4.69) is 5.10 Å². The van der Waals surface area contributed by atoms with E-state index in [1.807, 2.05) is 39.0 Å². The van der Waals surface area contributed by atoms with Gasteiger partial charge in [-0.2, -0.15) is 5.10 Å². The summed E-state index contributed by atoms with van der Waals surface area (Å²) in [5.74, 6) is -0.397. The number of nitrogen functional groups attached to an aromatic ring is 1. The van der Waals surface area contributed by atoms with Gasteiger partial charge in [0.05, 0.1) is 28.3 Å². The van der Waals surface area contributed by atoms with Gasteiger partial charge in [-0.15, -0.1) is 0 Å². The van der Waals surface area contributed by atoms with Crippen LogP contribution in [0, 0.1) is 6.92 Å². The molecule has 0 spiro atoms. The van der Waals surface area contributed by atoms with Crippen molar-refractivity contribution in [3.8, 4) is 0 Å².